The van der Waals surface area contributed by atoms with Crippen LogP contribution < -0.4 is 10.0 Å². The number of para-hydroxylation sites is 1. The first-order valence-electron chi connectivity index (χ1n) is 12.3. The summed E-state index contributed by atoms with van der Waals surface area (Å²) in [6.07, 6.45) is 0.652. The van der Waals surface area contributed by atoms with Gasteiger partial charge in [-0.05, 0) is 61.0 Å². The van der Waals surface area contributed by atoms with E-state index < -0.39 is 28.0 Å². The van der Waals surface area contributed by atoms with Crippen molar-refractivity contribution in [3.8, 4) is 10.6 Å². The topological polar surface area (TPSA) is 127 Å². The second kappa shape index (κ2) is 11.6. The van der Waals surface area contributed by atoms with Gasteiger partial charge in [-0.15, -0.1) is 11.3 Å². The van der Waals surface area contributed by atoms with Crippen LogP contribution in [-0.4, -0.2) is 36.4 Å². The van der Waals surface area contributed by atoms with Gasteiger partial charge in [0, 0.05) is 17.4 Å². The van der Waals surface area contributed by atoms with Gasteiger partial charge in [0.25, 0.3) is 15.9 Å². The fourth-order valence-electron chi connectivity index (χ4n) is 3.91. The molecule has 0 aliphatic rings. The minimum Gasteiger partial charge on any atom is -0.449 e. The molecule has 5 rings (SSSR count). The number of sulfonamides is 1. The third kappa shape index (κ3) is 6.00. The predicted octanol–water partition coefficient (Wildman–Crippen LogP) is 5.73. The lowest BCUT2D eigenvalue weighted by atomic mass is 10.1. The number of ether oxygens (including phenoxy) is 1. The van der Waals surface area contributed by atoms with E-state index in [1.54, 1.807) is 37.3 Å². The maximum Gasteiger partial charge on any atom is 0.339 e. The van der Waals surface area contributed by atoms with Crippen molar-refractivity contribution in [1.82, 2.24) is 9.97 Å². The van der Waals surface area contributed by atoms with E-state index in [9.17, 15) is 18.0 Å². The molecule has 5 aromatic rings. The van der Waals surface area contributed by atoms with Crippen molar-refractivity contribution in [3.63, 3.8) is 0 Å². The molecular formula is C29H24N4O5S2. The minimum atomic E-state index is -3.86. The van der Waals surface area contributed by atoms with Gasteiger partial charge in [0.2, 0.25) is 0 Å². The molecule has 1 atom stereocenters. The maximum absolute atomic E-state index is 13.2. The average molecular weight is 573 g/mol. The maximum atomic E-state index is 13.2. The summed E-state index contributed by atoms with van der Waals surface area (Å²) in [6, 6.07) is 25.2. The Hall–Kier alpha value is -4.61. The van der Waals surface area contributed by atoms with Crippen LogP contribution in [0.3, 0.4) is 0 Å². The predicted molar refractivity (Wildman–Crippen MR) is 155 cm³/mol. The van der Waals surface area contributed by atoms with E-state index in [0.717, 1.165) is 10.2 Å². The molecule has 0 bridgehead atoms. The minimum absolute atomic E-state index is 0.000996. The number of amides is 1. The molecule has 0 saturated heterocycles. The Balaban J connectivity index is 1.27. The Morgan fingerprint density at radius 3 is 2.38 bits per heavy atom. The van der Waals surface area contributed by atoms with Gasteiger partial charge in [0.1, 0.15) is 10.8 Å². The van der Waals surface area contributed by atoms with E-state index in [2.05, 4.69) is 20.0 Å². The number of esters is 1. The fraction of sp³-hybridized carbons (Fsp3) is 0.103. The summed E-state index contributed by atoms with van der Waals surface area (Å²) in [7, 11) is -3.86. The lowest BCUT2D eigenvalue weighted by Crippen LogP contribution is -2.32. The molecule has 202 valence electrons. The van der Waals surface area contributed by atoms with Crippen molar-refractivity contribution in [2.45, 2.75) is 24.3 Å². The van der Waals surface area contributed by atoms with E-state index in [1.807, 2.05) is 30.3 Å². The number of pyridine rings is 1. The van der Waals surface area contributed by atoms with Crippen LogP contribution in [-0.2, 0) is 19.6 Å². The van der Waals surface area contributed by atoms with Gasteiger partial charge in [0.05, 0.1) is 20.7 Å². The van der Waals surface area contributed by atoms with Crippen molar-refractivity contribution in [1.29, 1.82) is 0 Å². The first-order chi connectivity index (χ1) is 19.3. The number of hydrogen-bond donors (Lipinski definition) is 2. The van der Waals surface area contributed by atoms with E-state index in [1.165, 1.54) is 47.9 Å². The summed E-state index contributed by atoms with van der Waals surface area (Å²) in [5.74, 6) is -0.980. The first kappa shape index (κ1) is 27.0. The molecule has 0 spiro atoms. The number of benzene rings is 3. The summed E-state index contributed by atoms with van der Waals surface area (Å²) in [5.41, 5.74) is 2.12. The monoisotopic (exact) mass is 572 g/mol. The highest BCUT2D eigenvalue weighted by Crippen LogP contribution is 2.32. The van der Waals surface area contributed by atoms with Crippen LogP contribution in [0.4, 0.5) is 11.5 Å². The summed E-state index contributed by atoms with van der Waals surface area (Å²) in [5, 5.41) is 3.37. The van der Waals surface area contributed by atoms with Crippen LogP contribution in [0.5, 0.6) is 0 Å². The standard InChI is InChI=1S/C29H24N4O5S2/c1-2-24(27(34)31-19-14-16-20(17-15-19)40(36,37)33-26-13-7-8-18-30-26)38-29(35)22-10-4-3-9-21(22)28-32-23-11-5-6-12-25(23)39-28/h3-18,24H,2H2,1H3,(H,30,33)(H,31,34). The zero-order chi connectivity index (χ0) is 28.1. The Morgan fingerprint density at radius 2 is 1.65 bits per heavy atom. The summed E-state index contributed by atoms with van der Waals surface area (Å²) in [4.78, 5) is 34.8. The van der Waals surface area contributed by atoms with Crippen LogP contribution in [0.2, 0.25) is 0 Å². The van der Waals surface area contributed by atoms with Gasteiger partial charge in [-0.25, -0.2) is 23.2 Å². The Morgan fingerprint density at radius 1 is 0.925 bits per heavy atom. The number of aromatic nitrogens is 2. The van der Waals surface area contributed by atoms with Crippen molar-refractivity contribution in [2.24, 2.45) is 0 Å². The summed E-state index contributed by atoms with van der Waals surface area (Å²) in [6.45, 7) is 1.73. The van der Waals surface area contributed by atoms with Crippen LogP contribution in [0.1, 0.15) is 23.7 Å². The van der Waals surface area contributed by atoms with E-state index in [4.69, 9.17) is 4.74 Å². The third-order valence-corrected chi connectivity index (χ3v) is 8.36. The lowest BCUT2D eigenvalue weighted by Gasteiger charge is -2.17. The molecule has 2 N–H and O–H groups in total. The Labute approximate surface area is 234 Å². The molecule has 1 unspecified atom stereocenters. The highest BCUT2D eigenvalue weighted by molar-refractivity contribution is 7.92. The molecule has 40 heavy (non-hydrogen) atoms. The van der Waals surface area contributed by atoms with Gasteiger partial charge in [-0.2, -0.15) is 0 Å². The number of anilines is 2. The number of nitrogens with zero attached hydrogens (tertiary/aromatic N) is 2. The van der Waals surface area contributed by atoms with Crippen LogP contribution in [0.15, 0.2) is 102 Å². The number of fused-ring (bicyclic) bond motifs is 1. The molecular weight excluding hydrogens is 548 g/mol. The summed E-state index contributed by atoms with van der Waals surface area (Å²) >= 11 is 1.47. The average Bonchev–Trinajstić information content (AvgIpc) is 3.41. The number of carbonyl (C=O) groups excluding carboxylic acids is 2. The number of carbonyl (C=O) groups is 2. The molecule has 2 heterocycles. The molecule has 0 aliphatic carbocycles. The Kier molecular flexibility index (Phi) is 7.85. The van der Waals surface area contributed by atoms with Gasteiger partial charge in [0.15, 0.2) is 6.10 Å². The number of nitrogens with one attached hydrogen (secondary N) is 2. The molecule has 9 nitrogen and oxygen atoms in total. The number of hydrogen-bond acceptors (Lipinski definition) is 8. The SMILES string of the molecule is CCC(OC(=O)c1ccccc1-c1nc2ccccc2s1)C(=O)Nc1ccc(S(=O)(=O)Nc2ccccn2)cc1. The number of thiazole rings is 1. The molecule has 0 saturated carbocycles. The second-order valence-electron chi connectivity index (χ2n) is 8.67. The normalized spacial score (nSPS) is 12.0. The van der Waals surface area contributed by atoms with Gasteiger partial charge in [-0.3, -0.25) is 9.52 Å². The molecule has 0 fully saturated rings. The zero-order valence-electron chi connectivity index (χ0n) is 21.3. The van der Waals surface area contributed by atoms with Crippen LogP contribution >= 0.6 is 11.3 Å². The third-order valence-electron chi connectivity index (χ3n) is 5.92. The van der Waals surface area contributed by atoms with Gasteiger partial charge < -0.3 is 10.1 Å². The van der Waals surface area contributed by atoms with Crippen molar-refractivity contribution >= 4 is 55.0 Å². The second-order valence-corrected chi connectivity index (χ2v) is 11.4. The molecule has 3 aromatic carbocycles. The molecule has 1 amide bonds. The van der Waals surface area contributed by atoms with Crippen LogP contribution in [0, 0.1) is 0 Å². The van der Waals surface area contributed by atoms with E-state index >= 15 is 0 Å². The smallest absolute Gasteiger partial charge is 0.339 e. The number of rotatable bonds is 9. The lowest BCUT2D eigenvalue weighted by molar-refractivity contribution is -0.124. The molecule has 2 aromatic heterocycles. The highest BCUT2D eigenvalue weighted by atomic mass is 32.2. The quantitative estimate of drug-likeness (QED) is 0.216. The van der Waals surface area contributed by atoms with Crippen LogP contribution in [0.25, 0.3) is 20.8 Å². The molecule has 11 heteroatoms. The van der Waals surface area contributed by atoms with Crippen molar-refractivity contribution < 1.29 is 22.7 Å². The first-order valence-corrected chi connectivity index (χ1v) is 14.6. The fourth-order valence-corrected chi connectivity index (χ4v) is 5.92. The largest absolute Gasteiger partial charge is 0.449 e. The van der Waals surface area contributed by atoms with E-state index in [-0.39, 0.29) is 17.1 Å². The van der Waals surface area contributed by atoms with E-state index in [0.29, 0.717) is 21.8 Å². The molecule has 0 radical (unpaired) electrons. The van der Waals surface area contributed by atoms with Crippen molar-refractivity contribution in [2.75, 3.05) is 10.0 Å². The molecule has 0 aliphatic heterocycles. The zero-order valence-corrected chi connectivity index (χ0v) is 22.9. The van der Waals surface area contributed by atoms with Gasteiger partial charge >= 0.3 is 5.97 Å². The van der Waals surface area contributed by atoms with Crippen molar-refractivity contribution in [3.05, 3.63) is 103 Å². The highest BCUT2D eigenvalue weighted by Gasteiger charge is 2.25. The van der Waals surface area contributed by atoms with Gasteiger partial charge in [-0.1, -0.05) is 43.3 Å². The summed E-state index contributed by atoms with van der Waals surface area (Å²) < 4.78 is 34.3. The Bertz CT molecular complexity index is 1740.